The van der Waals surface area contributed by atoms with E-state index in [1.165, 1.54) is 6.42 Å². The summed E-state index contributed by atoms with van der Waals surface area (Å²) in [6, 6.07) is 0. The minimum absolute atomic E-state index is 0.0599. The number of nitrogens with zero attached hydrogens (tertiary/aromatic N) is 1. The van der Waals surface area contributed by atoms with Gasteiger partial charge in [-0.25, -0.2) is 0 Å². The fraction of sp³-hybridized carbons (Fsp3) is 0.917. The lowest BCUT2D eigenvalue weighted by Crippen LogP contribution is -2.52. The molecule has 0 radical (unpaired) electrons. The van der Waals surface area contributed by atoms with Crippen LogP contribution in [0.25, 0.3) is 0 Å². The normalized spacial score (nSPS) is 19.8. The second-order valence-electron chi connectivity index (χ2n) is 5.10. The average Bonchev–Trinajstić information content (AvgIpc) is 2.28. The molecule has 0 aliphatic heterocycles. The number of hydrogen-bond acceptors (Lipinski definition) is 3. The van der Waals surface area contributed by atoms with Gasteiger partial charge in [-0.15, -0.1) is 0 Å². The lowest BCUT2D eigenvalue weighted by atomic mass is 9.82. The van der Waals surface area contributed by atoms with Gasteiger partial charge in [0.25, 0.3) is 0 Å². The molecular formula is C12H24N2O2. The Bertz CT molecular complexity index is 223. The van der Waals surface area contributed by atoms with E-state index in [2.05, 4.69) is 5.32 Å². The third-order valence-electron chi connectivity index (χ3n) is 3.30. The average molecular weight is 228 g/mol. The van der Waals surface area contributed by atoms with Gasteiger partial charge in [0.05, 0.1) is 12.1 Å². The molecule has 0 aromatic carbocycles. The summed E-state index contributed by atoms with van der Waals surface area (Å²) in [5, 5.41) is 12.5. The highest BCUT2D eigenvalue weighted by Gasteiger charge is 2.32. The van der Waals surface area contributed by atoms with Crippen molar-refractivity contribution in [1.82, 2.24) is 10.2 Å². The van der Waals surface area contributed by atoms with Crippen molar-refractivity contribution in [2.24, 2.45) is 0 Å². The molecule has 0 bridgehead atoms. The lowest BCUT2D eigenvalue weighted by Gasteiger charge is -2.36. The molecule has 2 N–H and O–H groups in total. The van der Waals surface area contributed by atoms with E-state index in [-0.39, 0.29) is 18.1 Å². The molecule has 0 aromatic heterocycles. The quantitative estimate of drug-likeness (QED) is 0.730. The zero-order valence-corrected chi connectivity index (χ0v) is 10.5. The van der Waals surface area contributed by atoms with E-state index in [4.69, 9.17) is 0 Å². The van der Waals surface area contributed by atoms with Crippen LogP contribution in [-0.2, 0) is 4.79 Å². The Hall–Kier alpha value is -0.610. The summed E-state index contributed by atoms with van der Waals surface area (Å²) in [6.07, 6.45) is 5.77. The molecule has 1 amide bonds. The molecule has 0 unspecified atom stereocenters. The maximum atomic E-state index is 11.7. The predicted molar refractivity (Wildman–Crippen MR) is 64.2 cm³/mol. The number of aliphatic hydroxyl groups is 1. The van der Waals surface area contributed by atoms with E-state index in [1.807, 2.05) is 19.0 Å². The topological polar surface area (TPSA) is 52.6 Å². The molecule has 0 heterocycles. The first kappa shape index (κ1) is 13.5. The number of carbonyl (C=O) groups excluding carboxylic acids is 1. The Labute approximate surface area is 98.0 Å². The molecule has 0 atom stereocenters. The Balaban J connectivity index is 2.39. The Morgan fingerprint density at radius 3 is 2.44 bits per heavy atom. The van der Waals surface area contributed by atoms with Crippen LogP contribution in [0.1, 0.15) is 38.5 Å². The van der Waals surface area contributed by atoms with Gasteiger partial charge >= 0.3 is 0 Å². The van der Waals surface area contributed by atoms with E-state index < -0.39 is 0 Å². The number of nitrogens with one attached hydrogen (secondary N) is 1. The third-order valence-corrected chi connectivity index (χ3v) is 3.30. The van der Waals surface area contributed by atoms with Gasteiger partial charge in [0.15, 0.2) is 0 Å². The molecule has 16 heavy (non-hydrogen) atoms. The smallest absolute Gasteiger partial charge is 0.221 e. The van der Waals surface area contributed by atoms with E-state index in [9.17, 15) is 9.90 Å². The van der Waals surface area contributed by atoms with Crippen molar-refractivity contribution in [3.8, 4) is 0 Å². The second-order valence-corrected chi connectivity index (χ2v) is 5.10. The summed E-state index contributed by atoms with van der Waals surface area (Å²) in [5.41, 5.74) is -0.332. The van der Waals surface area contributed by atoms with Crippen molar-refractivity contribution in [2.45, 2.75) is 44.1 Å². The fourth-order valence-electron chi connectivity index (χ4n) is 2.23. The maximum Gasteiger partial charge on any atom is 0.221 e. The highest BCUT2D eigenvalue weighted by Crippen LogP contribution is 2.27. The summed E-state index contributed by atoms with van der Waals surface area (Å²) in [5.74, 6) is 0.0599. The van der Waals surface area contributed by atoms with Gasteiger partial charge in [0.2, 0.25) is 5.91 Å². The van der Waals surface area contributed by atoms with Crippen LogP contribution in [0.2, 0.25) is 0 Å². The summed E-state index contributed by atoms with van der Waals surface area (Å²) in [4.78, 5) is 13.7. The summed E-state index contributed by atoms with van der Waals surface area (Å²) >= 11 is 0. The molecule has 1 rings (SSSR count). The van der Waals surface area contributed by atoms with Crippen LogP contribution in [0.15, 0.2) is 0 Å². The maximum absolute atomic E-state index is 11.7. The molecule has 1 saturated carbocycles. The molecule has 94 valence electrons. The van der Waals surface area contributed by atoms with E-state index >= 15 is 0 Å². The van der Waals surface area contributed by atoms with E-state index in [0.717, 1.165) is 32.2 Å². The van der Waals surface area contributed by atoms with Crippen molar-refractivity contribution in [2.75, 3.05) is 27.2 Å². The van der Waals surface area contributed by atoms with Gasteiger partial charge in [-0.1, -0.05) is 19.3 Å². The van der Waals surface area contributed by atoms with Crippen LogP contribution in [0.4, 0.5) is 0 Å². The number of aliphatic hydroxyl groups excluding tert-OH is 1. The van der Waals surface area contributed by atoms with E-state index in [0.29, 0.717) is 6.42 Å². The summed E-state index contributed by atoms with van der Waals surface area (Å²) < 4.78 is 0. The monoisotopic (exact) mass is 228 g/mol. The van der Waals surface area contributed by atoms with Gasteiger partial charge in [0, 0.05) is 13.0 Å². The lowest BCUT2D eigenvalue weighted by molar-refractivity contribution is -0.124. The Morgan fingerprint density at radius 2 is 1.94 bits per heavy atom. The summed E-state index contributed by atoms with van der Waals surface area (Å²) in [6.45, 7) is 0.827. The van der Waals surface area contributed by atoms with Crippen molar-refractivity contribution < 1.29 is 9.90 Å². The standard InChI is InChI=1S/C12H24N2O2/c1-14(2)9-6-11(16)13-12(10-15)7-4-3-5-8-12/h15H,3-10H2,1-2H3,(H,13,16). The van der Waals surface area contributed by atoms with Crippen LogP contribution in [0.3, 0.4) is 0 Å². The number of carbonyl (C=O) groups is 1. The molecule has 1 aliphatic carbocycles. The van der Waals surface area contributed by atoms with Gasteiger partial charge in [-0.2, -0.15) is 0 Å². The molecule has 4 nitrogen and oxygen atoms in total. The zero-order chi connectivity index (χ0) is 12.0. The first-order chi connectivity index (χ1) is 7.58. The first-order valence-corrected chi connectivity index (χ1v) is 6.15. The second kappa shape index (κ2) is 6.21. The highest BCUT2D eigenvalue weighted by atomic mass is 16.3. The largest absolute Gasteiger partial charge is 0.394 e. The van der Waals surface area contributed by atoms with Crippen LogP contribution in [-0.4, -0.2) is 48.7 Å². The van der Waals surface area contributed by atoms with Gasteiger partial charge in [-0.3, -0.25) is 4.79 Å². The zero-order valence-electron chi connectivity index (χ0n) is 10.5. The Morgan fingerprint density at radius 1 is 1.31 bits per heavy atom. The van der Waals surface area contributed by atoms with Crippen LogP contribution in [0, 0.1) is 0 Å². The first-order valence-electron chi connectivity index (χ1n) is 6.15. The molecule has 0 spiro atoms. The van der Waals surface area contributed by atoms with Crippen LogP contribution >= 0.6 is 0 Å². The molecular weight excluding hydrogens is 204 g/mol. The third kappa shape index (κ3) is 4.10. The van der Waals surface area contributed by atoms with Gasteiger partial charge in [0.1, 0.15) is 0 Å². The highest BCUT2D eigenvalue weighted by molar-refractivity contribution is 5.77. The molecule has 0 aromatic rings. The van der Waals surface area contributed by atoms with Crippen molar-refractivity contribution in [3.05, 3.63) is 0 Å². The van der Waals surface area contributed by atoms with Crippen molar-refractivity contribution in [3.63, 3.8) is 0 Å². The molecule has 0 saturated heterocycles. The van der Waals surface area contributed by atoms with Crippen molar-refractivity contribution >= 4 is 5.91 Å². The summed E-state index contributed by atoms with van der Waals surface area (Å²) in [7, 11) is 3.91. The van der Waals surface area contributed by atoms with Crippen LogP contribution < -0.4 is 5.32 Å². The van der Waals surface area contributed by atoms with Gasteiger partial charge < -0.3 is 15.3 Å². The Kier molecular flexibility index (Phi) is 5.22. The minimum Gasteiger partial charge on any atom is -0.394 e. The SMILES string of the molecule is CN(C)CCC(=O)NC1(CO)CCCCC1. The van der Waals surface area contributed by atoms with Crippen LogP contribution in [0.5, 0.6) is 0 Å². The van der Waals surface area contributed by atoms with E-state index in [1.54, 1.807) is 0 Å². The van der Waals surface area contributed by atoms with Gasteiger partial charge in [-0.05, 0) is 26.9 Å². The minimum atomic E-state index is -0.332. The number of hydrogen-bond donors (Lipinski definition) is 2. The van der Waals surface area contributed by atoms with Crippen molar-refractivity contribution in [1.29, 1.82) is 0 Å². The number of amides is 1. The molecule has 4 heteroatoms. The number of rotatable bonds is 5. The fourth-order valence-corrected chi connectivity index (χ4v) is 2.23. The molecule has 1 fully saturated rings. The predicted octanol–water partition coefficient (Wildman–Crippen LogP) is 0.749. The molecule has 1 aliphatic rings.